The smallest absolute Gasteiger partial charge is 0.417 e. The molecule has 2 nitrogen and oxygen atoms in total. The highest BCUT2D eigenvalue weighted by atomic mass is 19.4. The summed E-state index contributed by atoms with van der Waals surface area (Å²) in [5.41, 5.74) is -0.496. The molecule has 0 amide bonds. The van der Waals surface area contributed by atoms with Crippen molar-refractivity contribution in [3.05, 3.63) is 47.7 Å². The van der Waals surface area contributed by atoms with Crippen molar-refractivity contribution in [3.8, 4) is 17.0 Å². The van der Waals surface area contributed by atoms with Crippen molar-refractivity contribution < 1.29 is 18.3 Å². The summed E-state index contributed by atoms with van der Waals surface area (Å²) in [6.45, 7) is 1.61. The van der Waals surface area contributed by atoms with Gasteiger partial charge in [-0.3, -0.25) is 4.98 Å². The number of aryl methyl sites for hydroxylation is 1. The van der Waals surface area contributed by atoms with E-state index < -0.39 is 11.7 Å². The zero-order valence-corrected chi connectivity index (χ0v) is 9.49. The number of hydrogen-bond donors (Lipinski definition) is 1. The summed E-state index contributed by atoms with van der Waals surface area (Å²) in [4.78, 5) is 3.83. The monoisotopic (exact) mass is 253 g/mol. The van der Waals surface area contributed by atoms with Crippen molar-refractivity contribution in [1.29, 1.82) is 0 Å². The molecule has 1 aromatic heterocycles. The summed E-state index contributed by atoms with van der Waals surface area (Å²) in [6, 6.07) is 6.59. The maximum atomic E-state index is 12.9. The van der Waals surface area contributed by atoms with Gasteiger partial charge in [0.05, 0.1) is 5.56 Å². The first-order chi connectivity index (χ1) is 8.41. The van der Waals surface area contributed by atoms with Crippen LogP contribution in [-0.2, 0) is 6.18 Å². The van der Waals surface area contributed by atoms with E-state index in [2.05, 4.69) is 4.98 Å². The Balaban J connectivity index is 2.69. The van der Waals surface area contributed by atoms with Crippen molar-refractivity contribution >= 4 is 0 Å². The van der Waals surface area contributed by atoms with Gasteiger partial charge in [0.2, 0.25) is 0 Å². The van der Waals surface area contributed by atoms with Crippen LogP contribution >= 0.6 is 0 Å². The molecule has 2 aromatic rings. The van der Waals surface area contributed by atoms with Crippen LogP contribution in [0.15, 0.2) is 36.5 Å². The molecule has 1 heterocycles. The van der Waals surface area contributed by atoms with E-state index in [9.17, 15) is 18.3 Å². The van der Waals surface area contributed by atoms with Crippen molar-refractivity contribution in [2.45, 2.75) is 13.1 Å². The lowest BCUT2D eigenvalue weighted by molar-refractivity contribution is -0.137. The largest absolute Gasteiger partial charge is 0.505 e. The topological polar surface area (TPSA) is 33.1 Å². The third-order valence-electron chi connectivity index (χ3n) is 2.61. The average Bonchev–Trinajstić information content (AvgIpc) is 2.32. The SMILES string of the molecule is Cc1ccnc(-c2ccccc2C(F)(F)F)c1O. The molecule has 0 unspecified atom stereocenters. The van der Waals surface area contributed by atoms with E-state index in [1.54, 1.807) is 6.92 Å². The molecule has 0 saturated heterocycles. The van der Waals surface area contributed by atoms with Crippen LogP contribution in [0, 0.1) is 6.92 Å². The minimum Gasteiger partial charge on any atom is -0.505 e. The number of benzene rings is 1. The predicted molar refractivity (Wildman–Crippen MR) is 61.1 cm³/mol. The molecule has 0 bridgehead atoms. The molecule has 0 saturated carbocycles. The minimum absolute atomic E-state index is 0.0528. The molecule has 0 fully saturated rings. The lowest BCUT2D eigenvalue weighted by Gasteiger charge is -2.13. The van der Waals surface area contributed by atoms with Crippen LogP contribution in [0.1, 0.15) is 11.1 Å². The fourth-order valence-corrected chi connectivity index (χ4v) is 1.68. The summed E-state index contributed by atoms with van der Waals surface area (Å²) in [5, 5.41) is 9.81. The van der Waals surface area contributed by atoms with Crippen molar-refractivity contribution in [3.63, 3.8) is 0 Å². The average molecular weight is 253 g/mol. The van der Waals surface area contributed by atoms with Crippen LogP contribution in [0.4, 0.5) is 13.2 Å². The highest BCUT2D eigenvalue weighted by molar-refractivity contribution is 5.71. The second-order valence-corrected chi connectivity index (χ2v) is 3.87. The molecule has 0 aliphatic carbocycles. The summed E-state index contributed by atoms with van der Waals surface area (Å²) < 4.78 is 38.6. The molecule has 94 valence electrons. The van der Waals surface area contributed by atoms with Crippen molar-refractivity contribution in [1.82, 2.24) is 4.98 Å². The number of pyridine rings is 1. The van der Waals surface area contributed by atoms with Crippen LogP contribution < -0.4 is 0 Å². The first-order valence-electron chi connectivity index (χ1n) is 5.22. The van der Waals surface area contributed by atoms with Gasteiger partial charge in [-0.25, -0.2) is 0 Å². The molecule has 0 spiro atoms. The summed E-state index contributed by atoms with van der Waals surface area (Å²) in [5.74, 6) is -0.228. The lowest BCUT2D eigenvalue weighted by Crippen LogP contribution is -2.07. The van der Waals surface area contributed by atoms with Gasteiger partial charge in [-0.05, 0) is 24.6 Å². The van der Waals surface area contributed by atoms with Crippen LogP contribution in [0.5, 0.6) is 5.75 Å². The van der Waals surface area contributed by atoms with E-state index in [4.69, 9.17) is 0 Å². The van der Waals surface area contributed by atoms with Gasteiger partial charge in [-0.2, -0.15) is 13.2 Å². The molecule has 18 heavy (non-hydrogen) atoms. The van der Waals surface area contributed by atoms with Crippen molar-refractivity contribution in [2.75, 3.05) is 0 Å². The van der Waals surface area contributed by atoms with Gasteiger partial charge in [0.15, 0.2) is 0 Å². The number of aromatic hydroxyl groups is 1. The standard InChI is InChI=1S/C13H10F3NO/c1-8-6-7-17-11(12(8)18)9-4-2-3-5-10(9)13(14,15)16/h2-7,18H,1H3. The maximum Gasteiger partial charge on any atom is 0.417 e. The van der Waals surface area contributed by atoms with Gasteiger partial charge in [0.25, 0.3) is 0 Å². The Morgan fingerprint density at radius 3 is 2.44 bits per heavy atom. The Morgan fingerprint density at radius 1 is 1.11 bits per heavy atom. The Morgan fingerprint density at radius 2 is 1.78 bits per heavy atom. The van der Waals surface area contributed by atoms with Gasteiger partial charge in [-0.15, -0.1) is 0 Å². The van der Waals surface area contributed by atoms with E-state index in [0.717, 1.165) is 6.07 Å². The molecule has 1 N–H and O–H groups in total. The minimum atomic E-state index is -4.48. The highest BCUT2D eigenvalue weighted by Gasteiger charge is 2.34. The normalized spacial score (nSPS) is 11.6. The van der Waals surface area contributed by atoms with Gasteiger partial charge < -0.3 is 5.11 Å². The molecule has 0 atom stereocenters. The molecule has 0 aliphatic rings. The number of aromatic nitrogens is 1. The summed E-state index contributed by atoms with van der Waals surface area (Å²) in [6.07, 6.45) is -3.11. The fraction of sp³-hybridized carbons (Fsp3) is 0.154. The third kappa shape index (κ3) is 2.16. The number of nitrogens with zero attached hydrogens (tertiary/aromatic N) is 1. The molecule has 1 aromatic carbocycles. The Bertz CT molecular complexity index is 579. The van der Waals surface area contributed by atoms with Gasteiger partial charge in [0.1, 0.15) is 11.4 Å². The van der Waals surface area contributed by atoms with E-state index in [0.29, 0.717) is 5.56 Å². The van der Waals surface area contributed by atoms with Gasteiger partial charge in [-0.1, -0.05) is 18.2 Å². The van der Waals surface area contributed by atoms with E-state index >= 15 is 0 Å². The summed E-state index contributed by atoms with van der Waals surface area (Å²) in [7, 11) is 0. The molecule has 5 heteroatoms. The Hall–Kier alpha value is -2.04. The molecule has 2 rings (SSSR count). The zero-order valence-electron chi connectivity index (χ0n) is 9.49. The summed E-state index contributed by atoms with van der Waals surface area (Å²) >= 11 is 0. The van der Waals surface area contributed by atoms with Gasteiger partial charge >= 0.3 is 6.18 Å². The molecule has 0 aliphatic heterocycles. The molecular weight excluding hydrogens is 243 g/mol. The molecule has 0 radical (unpaired) electrons. The number of alkyl halides is 3. The maximum absolute atomic E-state index is 12.9. The molecular formula is C13H10F3NO. The van der Waals surface area contributed by atoms with Gasteiger partial charge in [0, 0.05) is 11.8 Å². The van der Waals surface area contributed by atoms with Crippen LogP contribution in [0.25, 0.3) is 11.3 Å². The Kier molecular flexibility index (Phi) is 2.98. The van der Waals surface area contributed by atoms with E-state index in [-0.39, 0.29) is 17.0 Å². The second-order valence-electron chi connectivity index (χ2n) is 3.87. The number of halogens is 3. The zero-order chi connectivity index (χ0) is 13.3. The number of rotatable bonds is 1. The predicted octanol–water partition coefficient (Wildman–Crippen LogP) is 3.78. The first-order valence-corrected chi connectivity index (χ1v) is 5.22. The quantitative estimate of drug-likeness (QED) is 0.838. The number of hydrogen-bond acceptors (Lipinski definition) is 2. The first kappa shape index (κ1) is 12.4. The second kappa shape index (κ2) is 4.33. The highest BCUT2D eigenvalue weighted by Crippen LogP contribution is 2.39. The fourth-order valence-electron chi connectivity index (χ4n) is 1.68. The van der Waals surface area contributed by atoms with Crippen LogP contribution in [0.3, 0.4) is 0 Å². The third-order valence-corrected chi connectivity index (χ3v) is 2.61. The van der Waals surface area contributed by atoms with Crippen LogP contribution in [-0.4, -0.2) is 10.1 Å². The van der Waals surface area contributed by atoms with Crippen molar-refractivity contribution in [2.24, 2.45) is 0 Å². The lowest BCUT2D eigenvalue weighted by atomic mass is 10.0. The van der Waals surface area contributed by atoms with E-state index in [1.165, 1.54) is 30.5 Å². The van der Waals surface area contributed by atoms with Crippen LogP contribution in [0.2, 0.25) is 0 Å². The van der Waals surface area contributed by atoms with E-state index in [1.807, 2.05) is 0 Å². The Labute approximate surface area is 102 Å².